The second kappa shape index (κ2) is 6.32. The van der Waals surface area contributed by atoms with Crippen molar-refractivity contribution in [3.63, 3.8) is 0 Å². The van der Waals surface area contributed by atoms with Crippen LogP contribution in [0.25, 0.3) is 0 Å². The van der Waals surface area contributed by atoms with Gasteiger partial charge in [0, 0.05) is 23.5 Å². The van der Waals surface area contributed by atoms with E-state index < -0.39 is 4.92 Å². The van der Waals surface area contributed by atoms with Crippen LogP contribution in [-0.4, -0.2) is 14.7 Å². The van der Waals surface area contributed by atoms with Gasteiger partial charge in [0.05, 0.1) is 22.2 Å². The zero-order chi connectivity index (χ0) is 18.1. The number of nitriles is 1. The minimum atomic E-state index is -0.552. The molecule has 0 radical (unpaired) electrons. The molecule has 1 N–H and O–H groups in total. The lowest BCUT2D eigenvalue weighted by atomic mass is 10.1. The molecule has 7 heteroatoms. The summed E-state index contributed by atoms with van der Waals surface area (Å²) in [5.41, 5.74) is 2.37. The number of hydrogen-bond donors (Lipinski definition) is 1. The summed E-state index contributed by atoms with van der Waals surface area (Å²) >= 11 is 0. The van der Waals surface area contributed by atoms with Gasteiger partial charge < -0.3 is 5.32 Å². The number of rotatable bonds is 4. The van der Waals surface area contributed by atoms with Crippen molar-refractivity contribution in [2.24, 2.45) is 0 Å². The molecule has 0 unspecified atom stereocenters. The molecule has 2 aromatic rings. The highest BCUT2D eigenvalue weighted by Gasteiger charge is 2.20. The average Bonchev–Trinajstić information content (AvgIpc) is 2.89. The number of aromatic nitrogens is 2. The molecule has 0 aliphatic carbocycles. The molecule has 24 heavy (non-hydrogen) atoms. The van der Waals surface area contributed by atoms with Crippen LogP contribution in [0.2, 0.25) is 0 Å². The number of nitro groups is 1. The van der Waals surface area contributed by atoms with E-state index in [4.69, 9.17) is 5.26 Å². The number of benzene rings is 1. The fraction of sp³-hybridized carbons (Fsp3) is 0.412. The van der Waals surface area contributed by atoms with Crippen molar-refractivity contribution in [2.75, 3.05) is 5.32 Å². The summed E-state index contributed by atoms with van der Waals surface area (Å²) in [6.07, 6.45) is 2.00. The van der Waals surface area contributed by atoms with Crippen molar-refractivity contribution in [2.45, 2.75) is 46.2 Å². The first-order chi connectivity index (χ1) is 11.1. The first kappa shape index (κ1) is 17.5. The predicted molar refractivity (Wildman–Crippen MR) is 91.8 cm³/mol. The van der Waals surface area contributed by atoms with Gasteiger partial charge in [-0.3, -0.25) is 14.8 Å². The third-order valence-electron chi connectivity index (χ3n) is 3.79. The largest absolute Gasteiger partial charge is 0.378 e. The lowest BCUT2D eigenvalue weighted by Gasteiger charge is -2.19. The Bertz CT molecular complexity index is 811. The van der Waals surface area contributed by atoms with Gasteiger partial charge in [-0.25, -0.2) is 0 Å². The Morgan fingerprint density at radius 2 is 2.08 bits per heavy atom. The maximum Gasteiger partial charge on any atom is 0.287 e. The highest BCUT2D eigenvalue weighted by Crippen LogP contribution is 2.27. The second-order valence-corrected chi connectivity index (χ2v) is 6.75. The van der Waals surface area contributed by atoms with Crippen molar-refractivity contribution < 1.29 is 4.92 Å². The summed E-state index contributed by atoms with van der Waals surface area (Å²) in [5.74, 6) is 0. The summed E-state index contributed by atoms with van der Waals surface area (Å²) in [5, 5.41) is 27.8. The van der Waals surface area contributed by atoms with Crippen molar-refractivity contribution in [3.8, 4) is 6.07 Å². The lowest BCUT2D eigenvalue weighted by Crippen LogP contribution is -2.22. The molecular formula is C17H21N5O2. The molecule has 1 atom stereocenters. The standard InChI is InChI=1S/C17H21N5O2/c1-11(15-10-21(17(3,4)5)20-12(15)2)19-14-6-7-16(22(23)24)13(8-14)9-18/h6-8,10-11,19H,1-5H3/t11-/m1/s1. The molecule has 0 fully saturated rings. The van der Waals surface area contributed by atoms with E-state index in [1.165, 1.54) is 12.1 Å². The van der Waals surface area contributed by atoms with Gasteiger partial charge in [0.1, 0.15) is 11.6 Å². The van der Waals surface area contributed by atoms with Gasteiger partial charge in [-0.1, -0.05) is 0 Å². The molecule has 0 saturated carbocycles. The van der Waals surface area contributed by atoms with Crippen LogP contribution < -0.4 is 5.32 Å². The summed E-state index contributed by atoms with van der Waals surface area (Å²) in [6, 6.07) is 6.27. The summed E-state index contributed by atoms with van der Waals surface area (Å²) in [6.45, 7) is 10.2. The molecule has 0 aliphatic rings. The maximum absolute atomic E-state index is 10.9. The van der Waals surface area contributed by atoms with Crippen LogP contribution in [0, 0.1) is 28.4 Å². The van der Waals surface area contributed by atoms with Crippen molar-refractivity contribution in [1.82, 2.24) is 9.78 Å². The van der Waals surface area contributed by atoms with Gasteiger partial charge in [0.2, 0.25) is 0 Å². The molecule has 0 saturated heterocycles. The summed E-state index contributed by atoms with van der Waals surface area (Å²) < 4.78 is 1.92. The van der Waals surface area contributed by atoms with Crippen molar-refractivity contribution in [1.29, 1.82) is 5.26 Å². The van der Waals surface area contributed by atoms with E-state index in [0.29, 0.717) is 5.69 Å². The van der Waals surface area contributed by atoms with E-state index in [9.17, 15) is 10.1 Å². The van der Waals surface area contributed by atoms with Crippen LogP contribution in [0.5, 0.6) is 0 Å². The van der Waals surface area contributed by atoms with E-state index in [1.807, 2.05) is 30.8 Å². The number of aryl methyl sites for hydroxylation is 1. The quantitative estimate of drug-likeness (QED) is 0.678. The minimum Gasteiger partial charge on any atom is -0.378 e. The van der Waals surface area contributed by atoms with Crippen LogP contribution in [0.1, 0.15) is 50.6 Å². The number of nitrogens with zero attached hydrogens (tertiary/aromatic N) is 4. The number of nitro benzene ring substituents is 1. The Morgan fingerprint density at radius 1 is 1.42 bits per heavy atom. The Labute approximate surface area is 141 Å². The monoisotopic (exact) mass is 327 g/mol. The highest BCUT2D eigenvalue weighted by atomic mass is 16.6. The van der Waals surface area contributed by atoms with Crippen LogP contribution >= 0.6 is 0 Å². The fourth-order valence-corrected chi connectivity index (χ4v) is 2.44. The summed E-state index contributed by atoms with van der Waals surface area (Å²) in [4.78, 5) is 10.3. The van der Waals surface area contributed by atoms with Crippen LogP contribution in [0.3, 0.4) is 0 Å². The first-order valence-electron chi connectivity index (χ1n) is 7.65. The topological polar surface area (TPSA) is 96.8 Å². The smallest absolute Gasteiger partial charge is 0.287 e. The van der Waals surface area contributed by atoms with E-state index in [2.05, 4.69) is 31.2 Å². The normalized spacial score (nSPS) is 12.5. The van der Waals surface area contributed by atoms with Gasteiger partial charge in [-0.2, -0.15) is 10.4 Å². The zero-order valence-electron chi connectivity index (χ0n) is 14.5. The van der Waals surface area contributed by atoms with Gasteiger partial charge in [0.25, 0.3) is 5.69 Å². The molecule has 0 amide bonds. The van der Waals surface area contributed by atoms with E-state index in [1.54, 1.807) is 6.07 Å². The highest BCUT2D eigenvalue weighted by molar-refractivity contribution is 5.59. The van der Waals surface area contributed by atoms with Gasteiger partial charge in [0.15, 0.2) is 0 Å². The maximum atomic E-state index is 10.9. The van der Waals surface area contributed by atoms with E-state index >= 15 is 0 Å². The zero-order valence-corrected chi connectivity index (χ0v) is 14.5. The molecule has 1 aromatic heterocycles. The van der Waals surface area contributed by atoms with E-state index in [-0.39, 0.29) is 22.8 Å². The first-order valence-corrected chi connectivity index (χ1v) is 7.65. The lowest BCUT2D eigenvalue weighted by molar-refractivity contribution is -0.385. The third-order valence-corrected chi connectivity index (χ3v) is 3.79. The van der Waals surface area contributed by atoms with Gasteiger partial charge >= 0.3 is 0 Å². The van der Waals surface area contributed by atoms with E-state index in [0.717, 1.165) is 11.3 Å². The van der Waals surface area contributed by atoms with Gasteiger partial charge in [-0.05, 0) is 46.8 Å². The molecule has 126 valence electrons. The number of hydrogen-bond acceptors (Lipinski definition) is 5. The van der Waals surface area contributed by atoms with Gasteiger partial charge in [-0.15, -0.1) is 0 Å². The Morgan fingerprint density at radius 3 is 2.58 bits per heavy atom. The number of nitrogens with one attached hydrogen (secondary N) is 1. The molecule has 0 bridgehead atoms. The number of anilines is 1. The Balaban J connectivity index is 2.27. The average molecular weight is 327 g/mol. The molecule has 7 nitrogen and oxygen atoms in total. The predicted octanol–water partition coefficient (Wildman–Crippen LogP) is 3.90. The second-order valence-electron chi connectivity index (χ2n) is 6.75. The van der Waals surface area contributed by atoms with Crippen LogP contribution in [0.15, 0.2) is 24.4 Å². The molecule has 0 aliphatic heterocycles. The fourth-order valence-electron chi connectivity index (χ4n) is 2.44. The van der Waals surface area contributed by atoms with Crippen LogP contribution in [0.4, 0.5) is 11.4 Å². The molecule has 0 spiro atoms. The summed E-state index contributed by atoms with van der Waals surface area (Å²) in [7, 11) is 0. The Hall–Kier alpha value is -2.88. The Kier molecular flexibility index (Phi) is 4.60. The SMILES string of the molecule is Cc1nn(C(C)(C)C)cc1[C@@H](C)Nc1ccc([N+](=O)[O-])c(C#N)c1. The molecule has 1 heterocycles. The molecular weight excluding hydrogens is 306 g/mol. The third kappa shape index (κ3) is 3.54. The minimum absolute atomic E-state index is 0.0410. The van der Waals surface area contributed by atoms with Crippen LogP contribution in [-0.2, 0) is 5.54 Å². The van der Waals surface area contributed by atoms with Crippen molar-refractivity contribution >= 4 is 11.4 Å². The van der Waals surface area contributed by atoms with Crippen molar-refractivity contribution in [3.05, 3.63) is 51.3 Å². The molecule has 2 rings (SSSR count). The molecule has 1 aromatic carbocycles.